The number of likely N-dealkylation sites (tertiary alicyclic amines) is 1. The number of methoxy groups -OCH3 is 1. The van der Waals surface area contributed by atoms with Crippen molar-refractivity contribution in [3.63, 3.8) is 0 Å². The van der Waals surface area contributed by atoms with Gasteiger partial charge in [0.05, 0.1) is 39.6 Å². The van der Waals surface area contributed by atoms with Gasteiger partial charge in [-0.3, -0.25) is 9.69 Å². The van der Waals surface area contributed by atoms with Crippen molar-refractivity contribution in [2.75, 3.05) is 33.5 Å². The molecule has 0 radical (unpaired) electrons. The van der Waals surface area contributed by atoms with E-state index >= 15 is 0 Å². The van der Waals surface area contributed by atoms with Gasteiger partial charge in [-0.2, -0.15) is 0 Å². The van der Waals surface area contributed by atoms with Crippen molar-refractivity contribution in [1.29, 1.82) is 0 Å². The van der Waals surface area contributed by atoms with Crippen molar-refractivity contribution in [2.45, 2.75) is 51.0 Å². The molecule has 3 atom stereocenters. The second-order valence-corrected chi connectivity index (χ2v) is 7.43. The average molecular weight is 384 g/mol. The number of esters is 1. The van der Waals surface area contributed by atoms with E-state index in [0.29, 0.717) is 13.0 Å². The predicted octanol–water partition coefficient (Wildman–Crippen LogP) is 0.625. The third-order valence-electron chi connectivity index (χ3n) is 4.09. The molecular formula is C18H28N2O7. The molecule has 0 aliphatic carbocycles. The van der Waals surface area contributed by atoms with Crippen LogP contribution in [0.1, 0.15) is 27.2 Å². The predicted molar refractivity (Wildman–Crippen MR) is 95.0 cm³/mol. The summed E-state index contributed by atoms with van der Waals surface area (Å²) in [6.45, 7) is 6.09. The second kappa shape index (κ2) is 9.18. The van der Waals surface area contributed by atoms with E-state index in [2.05, 4.69) is 5.32 Å². The summed E-state index contributed by atoms with van der Waals surface area (Å²) in [5.41, 5.74) is -0.691. The Bertz CT molecular complexity index is 585. The molecule has 1 N–H and O–H groups in total. The molecule has 0 spiro atoms. The van der Waals surface area contributed by atoms with Crippen LogP contribution in [0.2, 0.25) is 0 Å². The zero-order valence-electron chi connectivity index (χ0n) is 16.2. The van der Waals surface area contributed by atoms with Crippen LogP contribution in [0.15, 0.2) is 12.2 Å². The first-order valence-corrected chi connectivity index (χ1v) is 8.93. The molecule has 2 amide bonds. The van der Waals surface area contributed by atoms with Gasteiger partial charge in [-0.1, -0.05) is 12.2 Å². The van der Waals surface area contributed by atoms with E-state index in [-0.39, 0.29) is 25.9 Å². The third-order valence-corrected chi connectivity index (χ3v) is 4.09. The molecule has 1 fully saturated rings. The lowest BCUT2D eigenvalue weighted by Gasteiger charge is -2.28. The molecule has 1 saturated heterocycles. The summed E-state index contributed by atoms with van der Waals surface area (Å²) >= 11 is 0. The molecule has 0 unspecified atom stereocenters. The number of fused-ring (bicyclic) bond motifs is 2. The smallest absolute Gasteiger partial charge is 0.411 e. The molecule has 0 saturated carbocycles. The highest BCUT2D eigenvalue weighted by Crippen LogP contribution is 2.24. The van der Waals surface area contributed by atoms with Crippen LogP contribution >= 0.6 is 0 Å². The van der Waals surface area contributed by atoms with Crippen LogP contribution < -0.4 is 5.32 Å². The highest BCUT2D eigenvalue weighted by Gasteiger charge is 2.43. The van der Waals surface area contributed by atoms with Crippen LogP contribution in [0.25, 0.3) is 0 Å². The van der Waals surface area contributed by atoms with Crippen molar-refractivity contribution in [2.24, 2.45) is 0 Å². The van der Waals surface area contributed by atoms with Crippen molar-refractivity contribution in [1.82, 2.24) is 10.2 Å². The Morgan fingerprint density at radius 3 is 2.63 bits per heavy atom. The molecule has 0 aromatic rings. The van der Waals surface area contributed by atoms with E-state index in [1.54, 1.807) is 32.9 Å². The van der Waals surface area contributed by atoms with Crippen molar-refractivity contribution in [3.8, 4) is 0 Å². The fourth-order valence-electron chi connectivity index (χ4n) is 2.85. The molecule has 2 aliphatic rings. The Balaban J connectivity index is 2.20. The van der Waals surface area contributed by atoms with E-state index in [1.165, 1.54) is 12.0 Å². The number of carbonyl (C=O) groups is 3. The molecule has 2 aliphatic heterocycles. The minimum Gasteiger partial charge on any atom is -0.467 e. The fourth-order valence-corrected chi connectivity index (χ4v) is 2.85. The van der Waals surface area contributed by atoms with Crippen LogP contribution in [-0.2, 0) is 28.5 Å². The van der Waals surface area contributed by atoms with Gasteiger partial charge in [0.2, 0.25) is 5.91 Å². The van der Waals surface area contributed by atoms with Crippen molar-refractivity contribution < 1.29 is 33.3 Å². The van der Waals surface area contributed by atoms with Gasteiger partial charge in [0.1, 0.15) is 11.6 Å². The van der Waals surface area contributed by atoms with Gasteiger partial charge in [0.25, 0.3) is 0 Å². The first-order valence-electron chi connectivity index (χ1n) is 8.93. The van der Waals surface area contributed by atoms with Gasteiger partial charge in [-0.05, 0) is 20.8 Å². The zero-order chi connectivity index (χ0) is 20.0. The van der Waals surface area contributed by atoms with Gasteiger partial charge in [-0.25, -0.2) is 9.59 Å². The van der Waals surface area contributed by atoms with E-state index in [9.17, 15) is 14.4 Å². The highest BCUT2D eigenvalue weighted by molar-refractivity contribution is 5.90. The number of nitrogens with one attached hydrogen (secondary N) is 1. The molecule has 9 heteroatoms. The second-order valence-electron chi connectivity index (χ2n) is 7.43. The SMILES string of the molecule is COC(=O)[C@@H]1COC/C=C\CO[C@H]2C[C@@H](C(=O)N1)N(C(=O)OC(C)(C)C)C2. The monoisotopic (exact) mass is 384 g/mol. The molecule has 2 bridgehead atoms. The van der Waals surface area contributed by atoms with Crippen LogP contribution in [0.3, 0.4) is 0 Å². The molecule has 9 nitrogen and oxygen atoms in total. The number of ether oxygens (including phenoxy) is 4. The summed E-state index contributed by atoms with van der Waals surface area (Å²) in [6.07, 6.45) is 2.98. The first kappa shape index (κ1) is 21.2. The number of amides is 2. The van der Waals surface area contributed by atoms with Gasteiger partial charge in [0.15, 0.2) is 6.04 Å². The number of hydrogen-bond acceptors (Lipinski definition) is 7. The summed E-state index contributed by atoms with van der Waals surface area (Å²) < 4.78 is 21.3. The highest BCUT2D eigenvalue weighted by atomic mass is 16.6. The lowest BCUT2D eigenvalue weighted by atomic mass is 10.1. The van der Waals surface area contributed by atoms with E-state index < -0.39 is 35.7 Å². The minimum atomic E-state index is -0.961. The quantitative estimate of drug-likeness (QED) is 0.522. The molecule has 152 valence electrons. The minimum absolute atomic E-state index is 0.0355. The first-order chi connectivity index (χ1) is 12.7. The van der Waals surface area contributed by atoms with Crippen LogP contribution in [-0.4, -0.2) is 80.1 Å². The lowest BCUT2D eigenvalue weighted by Crippen LogP contribution is -2.53. The zero-order valence-corrected chi connectivity index (χ0v) is 16.2. The van der Waals surface area contributed by atoms with Gasteiger partial charge in [-0.15, -0.1) is 0 Å². The summed E-state index contributed by atoms with van der Waals surface area (Å²) in [6, 6.07) is -1.76. The Hall–Kier alpha value is -2.13. The molecule has 27 heavy (non-hydrogen) atoms. The van der Waals surface area contributed by atoms with E-state index in [1.807, 2.05) is 0 Å². The normalized spacial score (nSPS) is 28.2. The summed E-state index contributed by atoms with van der Waals surface area (Å²) in [4.78, 5) is 38.6. The molecule has 2 rings (SSSR count). The number of carbonyl (C=O) groups excluding carboxylic acids is 3. The number of nitrogens with zero attached hydrogens (tertiary/aromatic N) is 1. The third kappa shape index (κ3) is 6.21. The van der Waals surface area contributed by atoms with Crippen LogP contribution in [0, 0.1) is 0 Å². The maximum atomic E-state index is 12.8. The average Bonchev–Trinajstić information content (AvgIpc) is 3.02. The van der Waals surface area contributed by atoms with E-state index in [4.69, 9.17) is 18.9 Å². The number of rotatable bonds is 1. The van der Waals surface area contributed by atoms with E-state index in [0.717, 1.165) is 0 Å². The van der Waals surface area contributed by atoms with Crippen molar-refractivity contribution in [3.05, 3.63) is 12.2 Å². The van der Waals surface area contributed by atoms with Crippen LogP contribution in [0.4, 0.5) is 4.79 Å². The standard InChI is InChI=1S/C18H28N2O7/c1-18(2,3)27-17(23)20-10-12-9-14(20)15(21)19-13(16(22)24-4)11-25-7-5-6-8-26-12/h5-6,12-14H,7-11H2,1-4H3,(H,19,21)/b6-5-/t12-,13-,14-/m0/s1. The maximum absolute atomic E-state index is 12.8. The number of hydrogen-bond donors (Lipinski definition) is 1. The van der Waals surface area contributed by atoms with Gasteiger partial charge >= 0.3 is 12.1 Å². The summed E-state index contributed by atoms with van der Waals surface area (Å²) in [5.74, 6) is -1.09. The maximum Gasteiger partial charge on any atom is 0.411 e. The molecule has 0 aromatic carbocycles. The Morgan fingerprint density at radius 1 is 1.26 bits per heavy atom. The van der Waals surface area contributed by atoms with Gasteiger partial charge < -0.3 is 24.3 Å². The lowest BCUT2D eigenvalue weighted by molar-refractivity contribution is -0.147. The largest absolute Gasteiger partial charge is 0.467 e. The topological polar surface area (TPSA) is 103 Å². The van der Waals surface area contributed by atoms with Crippen LogP contribution in [0.5, 0.6) is 0 Å². The van der Waals surface area contributed by atoms with Crippen molar-refractivity contribution >= 4 is 18.0 Å². The fraction of sp³-hybridized carbons (Fsp3) is 0.722. The summed E-state index contributed by atoms with van der Waals surface area (Å²) in [7, 11) is 1.24. The molecule has 2 heterocycles. The Morgan fingerprint density at radius 2 is 1.96 bits per heavy atom. The molecule has 0 aromatic heterocycles. The van der Waals surface area contributed by atoms with Gasteiger partial charge in [0, 0.05) is 6.42 Å². The molecular weight excluding hydrogens is 356 g/mol. The Kier molecular flexibility index (Phi) is 7.20. The summed E-state index contributed by atoms with van der Waals surface area (Å²) in [5, 5.41) is 2.61. The Labute approximate surface area is 158 Å².